The third-order valence-electron chi connectivity index (χ3n) is 2.44. The van der Waals surface area contributed by atoms with Gasteiger partial charge in [-0.25, -0.2) is 4.98 Å². The number of aldehydes is 1. The van der Waals surface area contributed by atoms with Crippen LogP contribution < -0.4 is 4.74 Å². The Kier molecular flexibility index (Phi) is 3.99. The average Bonchev–Trinajstić information content (AvgIpc) is 2.41. The van der Waals surface area contributed by atoms with Crippen molar-refractivity contribution in [3.05, 3.63) is 45.4 Å². The molecule has 1 heterocycles. The lowest BCUT2D eigenvalue weighted by Crippen LogP contribution is -1.96. The van der Waals surface area contributed by atoms with E-state index in [0.717, 1.165) is 10.0 Å². The third kappa shape index (κ3) is 2.40. The molecule has 0 aliphatic rings. The van der Waals surface area contributed by atoms with E-state index in [9.17, 15) is 4.79 Å². The number of ether oxygens (including phenoxy) is 1. The summed E-state index contributed by atoms with van der Waals surface area (Å²) in [6, 6.07) is 8.97. The minimum absolute atomic E-state index is 0.290. The number of carbonyl (C=O) groups is 1. The van der Waals surface area contributed by atoms with Crippen molar-refractivity contribution >= 4 is 33.8 Å². The molecule has 0 bridgehead atoms. The summed E-state index contributed by atoms with van der Waals surface area (Å²) in [5, 5.41) is 0.575. The van der Waals surface area contributed by atoms with Crippen molar-refractivity contribution in [3.8, 4) is 17.1 Å². The first-order chi connectivity index (χ1) is 8.67. The van der Waals surface area contributed by atoms with E-state index in [1.165, 1.54) is 7.11 Å². The summed E-state index contributed by atoms with van der Waals surface area (Å²) in [7, 11) is 1.47. The summed E-state index contributed by atoms with van der Waals surface area (Å²) in [6.45, 7) is 0. The Labute approximate surface area is 118 Å². The molecular formula is C13H9BrClNO2. The number of methoxy groups -OCH3 is 1. The van der Waals surface area contributed by atoms with Crippen molar-refractivity contribution in [1.29, 1.82) is 0 Å². The summed E-state index contributed by atoms with van der Waals surface area (Å²) < 4.78 is 5.86. The van der Waals surface area contributed by atoms with Crippen LogP contribution in [-0.4, -0.2) is 18.4 Å². The van der Waals surface area contributed by atoms with Gasteiger partial charge in [-0.2, -0.15) is 0 Å². The highest BCUT2D eigenvalue weighted by Gasteiger charge is 2.11. The Morgan fingerprint density at radius 2 is 2.11 bits per heavy atom. The summed E-state index contributed by atoms with van der Waals surface area (Å²) in [6.07, 6.45) is 0.706. The molecule has 0 saturated heterocycles. The molecule has 0 fully saturated rings. The van der Waals surface area contributed by atoms with Gasteiger partial charge in [0.25, 0.3) is 0 Å². The fourth-order valence-corrected chi connectivity index (χ4v) is 2.15. The van der Waals surface area contributed by atoms with Crippen molar-refractivity contribution in [2.45, 2.75) is 0 Å². The Balaban J connectivity index is 2.58. The molecule has 2 aromatic rings. The van der Waals surface area contributed by atoms with E-state index in [0.29, 0.717) is 28.4 Å². The van der Waals surface area contributed by atoms with Crippen LogP contribution in [0.25, 0.3) is 11.3 Å². The fraction of sp³-hybridized carbons (Fsp3) is 0.0769. The van der Waals surface area contributed by atoms with Gasteiger partial charge in [-0.15, -0.1) is 0 Å². The Morgan fingerprint density at radius 1 is 1.33 bits per heavy atom. The van der Waals surface area contributed by atoms with Gasteiger partial charge < -0.3 is 4.74 Å². The molecule has 1 aromatic heterocycles. The van der Waals surface area contributed by atoms with Gasteiger partial charge in [0, 0.05) is 10.0 Å². The van der Waals surface area contributed by atoms with Crippen LogP contribution in [0, 0.1) is 0 Å². The normalized spacial score (nSPS) is 10.2. The molecule has 0 radical (unpaired) electrons. The number of rotatable bonds is 3. The van der Waals surface area contributed by atoms with Gasteiger partial charge in [-0.05, 0) is 34.1 Å². The maximum Gasteiger partial charge on any atom is 0.224 e. The average molecular weight is 327 g/mol. The molecule has 18 heavy (non-hydrogen) atoms. The summed E-state index contributed by atoms with van der Waals surface area (Å²) in [5.74, 6) is 0.290. The van der Waals surface area contributed by atoms with Crippen LogP contribution in [0.5, 0.6) is 5.88 Å². The van der Waals surface area contributed by atoms with E-state index in [-0.39, 0.29) is 0 Å². The number of hydrogen-bond donors (Lipinski definition) is 0. The predicted molar refractivity (Wildman–Crippen MR) is 74.3 cm³/mol. The lowest BCUT2D eigenvalue weighted by atomic mass is 10.1. The number of hydrogen-bond acceptors (Lipinski definition) is 3. The highest BCUT2D eigenvalue weighted by atomic mass is 79.9. The lowest BCUT2D eigenvalue weighted by Gasteiger charge is -2.08. The Hall–Kier alpha value is -1.39. The van der Waals surface area contributed by atoms with Gasteiger partial charge in [0.2, 0.25) is 5.88 Å². The number of aromatic nitrogens is 1. The highest BCUT2D eigenvalue weighted by molar-refractivity contribution is 9.10. The first-order valence-electron chi connectivity index (χ1n) is 5.12. The van der Waals surface area contributed by atoms with Crippen LogP contribution in [0.15, 0.2) is 34.8 Å². The molecule has 0 N–H and O–H groups in total. The molecule has 0 atom stereocenters. The number of carbonyl (C=O) groups excluding carboxylic acids is 1. The lowest BCUT2D eigenvalue weighted by molar-refractivity contribution is 0.112. The van der Waals surface area contributed by atoms with E-state index < -0.39 is 0 Å². The number of benzene rings is 1. The second kappa shape index (κ2) is 5.50. The van der Waals surface area contributed by atoms with Gasteiger partial charge in [0.15, 0.2) is 6.29 Å². The van der Waals surface area contributed by atoms with Crippen LogP contribution in [0.2, 0.25) is 5.02 Å². The zero-order chi connectivity index (χ0) is 13.1. The molecule has 0 spiro atoms. The topological polar surface area (TPSA) is 39.2 Å². The minimum Gasteiger partial charge on any atom is -0.480 e. The molecule has 0 saturated carbocycles. The van der Waals surface area contributed by atoms with Crippen molar-refractivity contribution in [1.82, 2.24) is 4.98 Å². The Bertz CT molecular complexity index is 602. The van der Waals surface area contributed by atoms with E-state index >= 15 is 0 Å². The second-order valence-corrected chi connectivity index (χ2v) is 4.75. The number of nitrogens with zero attached hydrogens (tertiary/aromatic N) is 1. The van der Waals surface area contributed by atoms with Crippen molar-refractivity contribution in [2.75, 3.05) is 7.11 Å². The van der Waals surface area contributed by atoms with Crippen molar-refractivity contribution < 1.29 is 9.53 Å². The highest BCUT2D eigenvalue weighted by Crippen LogP contribution is 2.33. The minimum atomic E-state index is 0.290. The summed E-state index contributed by atoms with van der Waals surface area (Å²) in [5.41, 5.74) is 1.85. The molecule has 1 aromatic carbocycles. The smallest absolute Gasteiger partial charge is 0.224 e. The van der Waals surface area contributed by atoms with Crippen LogP contribution in [0.4, 0.5) is 0 Å². The van der Waals surface area contributed by atoms with Gasteiger partial charge in [0.05, 0.1) is 23.4 Å². The fourth-order valence-electron chi connectivity index (χ4n) is 1.56. The van der Waals surface area contributed by atoms with Crippen LogP contribution in [0.1, 0.15) is 10.4 Å². The monoisotopic (exact) mass is 325 g/mol. The van der Waals surface area contributed by atoms with Crippen LogP contribution >= 0.6 is 27.5 Å². The van der Waals surface area contributed by atoms with E-state index in [4.69, 9.17) is 16.3 Å². The Morgan fingerprint density at radius 3 is 2.78 bits per heavy atom. The standard InChI is InChI=1S/C13H9BrClNO2/c1-18-13-8(7-17)5-6-11(16-13)9-3-2-4-10(14)12(9)15/h2-7H,1H3. The van der Waals surface area contributed by atoms with E-state index in [1.807, 2.05) is 18.2 Å². The number of halogens is 2. The van der Waals surface area contributed by atoms with Crippen LogP contribution in [-0.2, 0) is 0 Å². The molecule has 3 nitrogen and oxygen atoms in total. The summed E-state index contributed by atoms with van der Waals surface area (Å²) >= 11 is 9.56. The van der Waals surface area contributed by atoms with Gasteiger partial charge in [-0.1, -0.05) is 23.7 Å². The van der Waals surface area contributed by atoms with E-state index in [1.54, 1.807) is 12.1 Å². The number of pyridine rings is 1. The van der Waals surface area contributed by atoms with Crippen LogP contribution in [0.3, 0.4) is 0 Å². The molecule has 2 rings (SSSR count). The molecular weight excluding hydrogens is 318 g/mol. The molecule has 5 heteroatoms. The molecule has 0 aliphatic heterocycles. The second-order valence-electron chi connectivity index (χ2n) is 3.51. The maximum atomic E-state index is 10.8. The molecule has 0 amide bonds. The zero-order valence-corrected chi connectivity index (χ0v) is 11.8. The zero-order valence-electron chi connectivity index (χ0n) is 9.48. The quantitative estimate of drug-likeness (QED) is 0.801. The molecule has 0 unspecified atom stereocenters. The SMILES string of the molecule is COc1nc(-c2cccc(Br)c2Cl)ccc1C=O. The van der Waals surface area contributed by atoms with Gasteiger partial charge in [0.1, 0.15) is 0 Å². The largest absolute Gasteiger partial charge is 0.480 e. The molecule has 92 valence electrons. The predicted octanol–water partition coefficient (Wildman–Crippen LogP) is 3.99. The molecule has 0 aliphatic carbocycles. The van der Waals surface area contributed by atoms with Gasteiger partial charge in [-0.3, -0.25) is 4.79 Å². The first kappa shape index (κ1) is 13.1. The third-order valence-corrected chi connectivity index (χ3v) is 3.73. The van der Waals surface area contributed by atoms with Crippen molar-refractivity contribution in [2.24, 2.45) is 0 Å². The summed E-state index contributed by atoms with van der Waals surface area (Å²) in [4.78, 5) is 15.1. The van der Waals surface area contributed by atoms with E-state index in [2.05, 4.69) is 20.9 Å². The first-order valence-corrected chi connectivity index (χ1v) is 6.29. The van der Waals surface area contributed by atoms with Gasteiger partial charge >= 0.3 is 0 Å². The van der Waals surface area contributed by atoms with Crippen molar-refractivity contribution in [3.63, 3.8) is 0 Å². The maximum absolute atomic E-state index is 10.8.